The van der Waals surface area contributed by atoms with Crippen molar-refractivity contribution >= 4 is 5.91 Å². The van der Waals surface area contributed by atoms with Crippen molar-refractivity contribution in [3.63, 3.8) is 0 Å². The summed E-state index contributed by atoms with van der Waals surface area (Å²) in [6, 6.07) is 11.0. The van der Waals surface area contributed by atoms with Gasteiger partial charge in [-0.2, -0.15) is 0 Å². The SMILES string of the molecule is Cc1ccc(C(=O)NCCn2nc(-c3ccccn3)n(C)c2=O)cc1C. The molecular weight excluding hydrogens is 330 g/mol. The smallest absolute Gasteiger partial charge is 0.346 e. The van der Waals surface area contributed by atoms with Gasteiger partial charge in [-0.25, -0.2) is 9.48 Å². The predicted molar refractivity (Wildman–Crippen MR) is 98.9 cm³/mol. The summed E-state index contributed by atoms with van der Waals surface area (Å²) in [4.78, 5) is 28.8. The summed E-state index contributed by atoms with van der Waals surface area (Å²) in [5.41, 5.74) is 3.20. The Balaban J connectivity index is 1.68. The van der Waals surface area contributed by atoms with Crippen LogP contribution in [0.1, 0.15) is 21.5 Å². The van der Waals surface area contributed by atoms with Crippen LogP contribution in [0, 0.1) is 13.8 Å². The highest BCUT2D eigenvalue weighted by atomic mass is 16.2. The maximum Gasteiger partial charge on any atom is 0.346 e. The lowest BCUT2D eigenvalue weighted by Crippen LogP contribution is -2.31. The van der Waals surface area contributed by atoms with Crippen LogP contribution in [-0.2, 0) is 13.6 Å². The van der Waals surface area contributed by atoms with E-state index >= 15 is 0 Å². The third kappa shape index (κ3) is 3.56. The molecule has 3 aromatic rings. The fourth-order valence-electron chi connectivity index (χ4n) is 2.61. The second kappa shape index (κ2) is 7.35. The number of rotatable bonds is 5. The average Bonchev–Trinajstić information content (AvgIpc) is 2.93. The number of amides is 1. The molecular formula is C19H21N5O2. The second-order valence-corrected chi connectivity index (χ2v) is 6.16. The van der Waals surface area contributed by atoms with Gasteiger partial charge in [0.15, 0.2) is 5.82 Å². The van der Waals surface area contributed by atoms with Gasteiger partial charge in [-0.15, -0.1) is 5.10 Å². The molecule has 0 fully saturated rings. The maximum absolute atomic E-state index is 12.3. The molecule has 0 bridgehead atoms. The minimum atomic E-state index is -0.244. The van der Waals surface area contributed by atoms with Gasteiger partial charge in [-0.1, -0.05) is 12.1 Å². The van der Waals surface area contributed by atoms with Crippen LogP contribution in [0.3, 0.4) is 0 Å². The second-order valence-electron chi connectivity index (χ2n) is 6.16. The van der Waals surface area contributed by atoms with Gasteiger partial charge < -0.3 is 5.32 Å². The van der Waals surface area contributed by atoms with Gasteiger partial charge in [-0.05, 0) is 49.2 Å². The molecule has 0 aliphatic heterocycles. The van der Waals surface area contributed by atoms with Crippen molar-refractivity contribution in [2.75, 3.05) is 6.54 Å². The standard InChI is InChI=1S/C19H21N5O2/c1-13-7-8-15(12-14(13)2)18(25)21-10-11-24-19(26)23(3)17(22-24)16-6-4-5-9-20-16/h4-9,12H,10-11H2,1-3H3,(H,21,25). The minimum absolute atomic E-state index is 0.165. The van der Waals surface area contributed by atoms with E-state index in [0.29, 0.717) is 23.6 Å². The van der Waals surface area contributed by atoms with E-state index in [2.05, 4.69) is 15.4 Å². The number of hydrogen-bond donors (Lipinski definition) is 1. The van der Waals surface area contributed by atoms with Crippen molar-refractivity contribution in [2.45, 2.75) is 20.4 Å². The van der Waals surface area contributed by atoms with Crippen LogP contribution in [0.15, 0.2) is 47.4 Å². The van der Waals surface area contributed by atoms with E-state index in [-0.39, 0.29) is 18.1 Å². The molecule has 0 saturated heterocycles. The number of nitrogens with zero attached hydrogens (tertiary/aromatic N) is 4. The lowest BCUT2D eigenvalue weighted by Gasteiger charge is -2.07. The predicted octanol–water partition coefficient (Wildman–Crippen LogP) is 1.69. The molecule has 0 atom stereocenters. The van der Waals surface area contributed by atoms with Crippen LogP contribution in [-0.4, -0.2) is 31.8 Å². The van der Waals surface area contributed by atoms with E-state index in [1.165, 1.54) is 9.25 Å². The molecule has 0 aliphatic carbocycles. The van der Waals surface area contributed by atoms with Gasteiger partial charge in [0.25, 0.3) is 5.91 Å². The molecule has 2 heterocycles. The van der Waals surface area contributed by atoms with Crippen LogP contribution in [0.5, 0.6) is 0 Å². The van der Waals surface area contributed by atoms with Gasteiger partial charge in [0.1, 0.15) is 5.69 Å². The summed E-state index contributed by atoms with van der Waals surface area (Å²) >= 11 is 0. The van der Waals surface area contributed by atoms with Crippen molar-refractivity contribution in [1.29, 1.82) is 0 Å². The fourth-order valence-corrected chi connectivity index (χ4v) is 2.61. The molecule has 1 amide bonds. The zero-order chi connectivity index (χ0) is 18.7. The van der Waals surface area contributed by atoms with E-state index in [1.807, 2.05) is 32.0 Å². The van der Waals surface area contributed by atoms with Crippen molar-refractivity contribution in [3.05, 3.63) is 69.8 Å². The van der Waals surface area contributed by atoms with Gasteiger partial charge in [0.05, 0.1) is 6.54 Å². The highest BCUT2D eigenvalue weighted by Gasteiger charge is 2.13. The summed E-state index contributed by atoms with van der Waals surface area (Å²) in [6.45, 7) is 4.57. The first-order valence-corrected chi connectivity index (χ1v) is 8.38. The van der Waals surface area contributed by atoms with Crippen molar-refractivity contribution < 1.29 is 4.79 Å². The van der Waals surface area contributed by atoms with Crippen molar-refractivity contribution in [3.8, 4) is 11.5 Å². The van der Waals surface area contributed by atoms with Crippen LogP contribution in [0.2, 0.25) is 0 Å². The number of carbonyl (C=O) groups is 1. The summed E-state index contributed by atoms with van der Waals surface area (Å²) in [6.07, 6.45) is 1.66. The largest absolute Gasteiger partial charge is 0.350 e. The van der Waals surface area contributed by atoms with E-state index in [0.717, 1.165) is 11.1 Å². The zero-order valence-corrected chi connectivity index (χ0v) is 15.1. The molecule has 2 aromatic heterocycles. The molecule has 0 aliphatic rings. The van der Waals surface area contributed by atoms with Crippen molar-refractivity contribution in [2.24, 2.45) is 7.05 Å². The Bertz CT molecular complexity index is 989. The Morgan fingerprint density at radius 2 is 1.96 bits per heavy atom. The monoisotopic (exact) mass is 351 g/mol. The van der Waals surface area contributed by atoms with Crippen LogP contribution in [0.4, 0.5) is 0 Å². The number of aromatic nitrogens is 4. The molecule has 0 saturated carbocycles. The average molecular weight is 351 g/mol. The first-order valence-electron chi connectivity index (χ1n) is 8.38. The van der Waals surface area contributed by atoms with Gasteiger partial charge >= 0.3 is 5.69 Å². The number of nitrogens with one attached hydrogen (secondary N) is 1. The lowest BCUT2D eigenvalue weighted by atomic mass is 10.1. The Morgan fingerprint density at radius 3 is 2.65 bits per heavy atom. The third-order valence-corrected chi connectivity index (χ3v) is 4.31. The topological polar surface area (TPSA) is 81.8 Å². The highest BCUT2D eigenvalue weighted by molar-refractivity contribution is 5.94. The lowest BCUT2D eigenvalue weighted by molar-refractivity contribution is 0.0951. The molecule has 3 rings (SSSR count). The number of aryl methyl sites for hydroxylation is 2. The van der Waals surface area contributed by atoms with E-state index in [9.17, 15) is 9.59 Å². The molecule has 26 heavy (non-hydrogen) atoms. The molecule has 7 nitrogen and oxygen atoms in total. The molecule has 1 N–H and O–H groups in total. The number of pyridine rings is 1. The van der Waals surface area contributed by atoms with E-state index in [4.69, 9.17) is 0 Å². The molecule has 0 unspecified atom stereocenters. The van der Waals surface area contributed by atoms with Crippen LogP contribution < -0.4 is 11.0 Å². The van der Waals surface area contributed by atoms with Crippen LogP contribution in [0.25, 0.3) is 11.5 Å². The molecule has 0 spiro atoms. The first kappa shape index (κ1) is 17.6. The summed E-state index contributed by atoms with van der Waals surface area (Å²) in [5.74, 6) is 0.332. The van der Waals surface area contributed by atoms with Gasteiger partial charge in [0.2, 0.25) is 0 Å². The maximum atomic E-state index is 12.3. The molecule has 134 valence electrons. The summed E-state index contributed by atoms with van der Waals surface area (Å²) in [5, 5.41) is 7.15. The summed E-state index contributed by atoms with van der Waals surface area (Å²) in [7, 11) is 1.66. The van der Waals surface area contributed by atoms with Crippen molar-refractivity contribution in [1.82, 2.24) is 24.6 Å². The fraction of sp³-hybridized carbons (Fsp3) is 0.263. The first-order chi connectivity index (χ1) is 12.5. The van der Waals surface area contributed by atoms with Gasteiger partial charge in [-0.3, -0.25) is 14.3 Å². The van der Waals surface area contributed by atoms with E-state index < -0.39 is 0 Å². The number of hydrogen-bond acceptors (Lipinski definition) is 4. The number of carbonyl (C=O) groups excluding carboxylic acids is 1. The Labute approximate surface area is 151 Å². The molecule has 7 heteroatoms. The third-order valence-electron chi connectivity index (χ3n) is 4.31. The quantitative estimate of drug-likeness (QED) is 0.758. The van der Waals surface area contributed by atoms with E-state index in [1.54, 1.807) is 31.4 Å². The Hall–Kier alpha value is -3.22. The minimum Gasteiger partial charge on any atom is -0.350 e. The normalized spacial score (nSPS) is 10.7. The molecule has 1 aromatic carbocycles. The zero-order valence-electron chi connectivity index (χ0n) is 15.1. The highest BCUT2D eigenvalue weighted by Crippen LogP contribution is 2.11. The van der Waals surface area contributed by atoms with Crippen LogP contribution >= 0.6 is 0 Å². The van der Waals surface area contributed by atoms with Gasteiger partial charge in [0, 0.05) is 25.4 Å². The molecule has 0 radical (unpaired) electrons. The Kier molecular flexibility index (Phi) is 4.97. The summed E-state index contributed by atoms with van der Waals surface area (Å²) < 4.78 is 2.79. The Morgan fingerprint density at radius 1 is 1.15 bits per heavy atom. The number of benzene rings is 1.